The Hall–Kier alpha value is -0.215. The van der Waals surface area contributed by atoms with Crippen LogP contribution in [0.25, 0.3) is 0 Å². The molecule has 0 saturated carbocycles. The minimum atomic E-state index is -0.255. The van der Waals surface area contributed by atoms with Crippen LogP contribution < -0.4 is 0 Å². The monoisotopic (exact) mass is 284 g/mol. The fraction of sp³-hybridized carbons (Fsp3) is 0.846. The highest BCUT2D eigenvalue weighted by Crippen LogP contribution is 2.39. The first kappa shape index (κ1) is 16.8. The summed E-state index contributed by atoms with van der Waals surface area (Å²) in [5.74, 6) is 0. The molecule has 4 nitrogen and oxygen atoms in total. The van der Waals surface area contributed by atoms with Gasteiger partial charge in [0.15, 0.2) is 0 Å². The van der Waals surface area contributed by atoms with Gasteiger partial charge in [-0.25, -0.2) is 0 Å². The van der Waals surface area contributed by atoms with Crippen LogP contribution in [0.15, 0.2) is 16.4 Å². The van der Waals surface area contributed by atoms with Crippen molar-refractivity contribution in [1.82, 2.24) is 5.01 Å². The molecular formula is C13H26BN2O2P. The van der Waals surface area contributed by atoms with Crippen LogP contribution in [0.5, 0.6) is 0 Å². The summed E-state index contributed by atoms with van der Waals surface area (Å²) in [4.78, 5) is 3.98. The first-order chi connectivity index (χ1) is 8.86. The molecule has 2 rings (SSSR count). The van der Waals surface area contributed by atoms with E-state index < -0.39 is 0 Å². The van der Waals surface area contributed by atoms with Gasteiger partial charge in [0, 0.05) is 22.1 Å². The van der Waals surface area contributed by atoms with Gasteiger partial charge < -0.3 is 9.31 Å². The topological polar surface area (TPSA) is 34.1 Å². The third kappa shape index (κ3) is 3.66. The van der Waals surface area contributed by atoms with Crippen molar-refractivity contribution in [1.29, 1.82) is 0 Å². The maximum atomic E-state index is 6.02. The molecule has 0 aliphatic carbocycles. The smallest absolute Gasteiger partial charge is 0.400 e. The molecule has 0 spiro atoms. The minimum absolute atomic E-state index is 0.197. The van der Waals surface area contributed by atoms with E-state index in [9.17, 15) is 0 Å². The van der Waals surface area contributed by atoms with Crippen LogP contribution in [0.3, 0.4) is 0 Å². The summed E-state index contributed by atoms with van der Waals surface area (Å²) in [7, 11) is 2.96. The minimum Gasteiger partial charge on any atom is -0.400 e. The number of nitrogens with zero attached hydrogens (tertiary/aromatic N) is 2. The molecular weight excluding hydrogens is 258 g/mol. The Morgan fingerprint density at radius 2 is 1.74 bits per heavy atom. The molecule has 19 heavy (non-hydrogen) atoms. The number of hydrogen-bond donors (Lipinski definition) is 0. The quantitative estimate of drug-likeness (QED) is 0.574. The van der Waals surface area contributed by atoms with Crippen LogP contribution in [-0.4, -0.2) is 36.4 Å². The molecule has 1 fully saturated rings. The van der Waals surface area contributed by atoms with Gasteiger partial charge in [0.1, 0.15) is 0 Å². The molecule has 2 heterocycles. The SMILES string of the molecule is CC.CC1(C)OB(C2=CCN(N=P)CC2)OC1(C)C. The van der Waals surface area contributed by atoms with Crippen molar-refractivity contribution in [3.63, 3.8) is 0 Å². The van der Waals surface area contributed by atoms with Gasteiger partial charge in [0.05, 0.1) is 11.2 Å². The summed E-state index contributed by atoms with van der Waals surface area (Å²) in [6.45, 7) is 14.0. The molecule has 108 valence electrons. The molecule has 2 aliphatic heterocycles. The molecule has 0 aromatic rings. The van der Waals surface area contributed by atoms with Gasteiger partial charge in [0.25, 0.3) is 0 Å². The highest BCUT2D eigenvalue weighted by molar-refractivity contribution is 7.03. The Morgan fingerprint density at radius 3 is 2.11 bits per heavy atom. The van der Waals surface area contributed by atoms with E-state index in [2.05, 4.69) is 47.7 Å². The summed E-state index contributed by atoms with van der Waals surface area (Å²) in [6.07, 6.45) is 3.08. The van der Waals surface area contributed by atoms with Crippen LogP contribution in [-0.2, 0) is 9.31 Å². The first-order valence-electron chi connectivity index (χ1n) is 7.02. The second-order valence-corrected chi connectivity index (χ2v) is 5.83. The van der Waals surface area contributed by atoms with Gasteiger partial charge in [-0.2, -0.15) is 9.86 Å². The summed E-state index contributed by atoms with van der Waals surface area (Å²) in [5.41, 5.74) is 0.722. The number of hydrogen-bond acceptors (Lipinski definition) is 3. The van der Waals surface area contributed by atoms with Crippen LogP contribution >= 0.6 is 9.03 Å². The van der Waals surface area contributed by atoms with Crippen LogP contribution in [0.4, 0.5) is 0 Å². The van der Waals surface area contributed by atoms with E-state index in [-0.39, 0.29) is 18.3 Å². The molecule has 6 heteroatoms. The van der Waals surface area contributed by atoms with Crippen molar-refractivity contribution in [2.45, 2.75) is 59.2 Å². The van der Waals surface area contributed by atoms with Crippen molar-refractivity contribution in [3.05, 3.63) is 11.5 Å². The molecule has 0 N–H and O–H groups in total. The van der Waals surface area contributed by atoms with E-state index in [0.717, 1.165) is 19.5 Å². The van der Waals surface area contributed by atoms with Crippen molar-refractivity contribution in [3.8, 4) is 0 Å². The lowest BCUT2D eigenvalue weighted by Crippen LogP contribution is -2.41. The zero-order chi connectivity index (χ0) is 14.7. The first-order valence-corrected chi connectivity index (χ1v) is 7.47. The molecule has 0 amide bonds. The molecule has 0 bridgehead atoms. The highest BCUT2D eigenvalue weighted by atomic mass is 31.0. The lowest BCUT2D eigenvalue weighted by Gasteiger charge is -2.32. The average molecular weight is 284 g/mol. The lowest BCUT2D eigenvalue weighted by atomic mass is 9.75. The zero-order valence-corrected chi connectivity index (χ0v) is 14.0. The summed E-state index contributed by atoms with van der Waals surface area (Å²) >= 11 is 0. The third-order valence-corrected chi connectivity index (χ3v) is 4.20. The van der Waals surface area contributed by atoms with E-state index in [1.54, 1.807) is 0 Å². The van der Waals surface area contributed by atoms with Crippen LogP contribution in [0.1, 0.15) is 48.0 Å². The normalized spacial score (nSPS) is 25.4. The maximum absolute atomic E-state index is 6.02. The lowest BCUT2D eigenvalue weighted by molar-refractivity contribution is 0.00578. The Balaban J connectivity index is 0.000000861. The standard InChI is InChI=1S/C11H20BN2O2P.C2H6/c1-10(2)11(3,4)16-12(15-10)9-5-7-14(13-17)8-6-9;1-2/h5,17H,6-8H2,1-4H3;1-2H3. The Labute approximate surface area is 120 Å². The maximum Gasteiger partial charge on any atom is 0.490 e. The molecule has 0 radical (unpaired) electrons. The Morgan fingerprint density at radius 1 is 1.21 bits per heavy atom. The predicted octanol–water partition coefficient (Wildman–Crippen LogP) is 3.52. The fourth-order valence-electron chi connectivity index (χ4n) is 1.97. The zero-order valence-electron chi connectivity index (χ0n) is 13.0. The van der Waals surface area contributed by atoms with Gasteiger partial charge >= 0.3 is 7.12 Å². The molecule has 0 atom stereocenters. The number of rotatable bonds is 2. The summed E-state index contributed by atoms with van der Waals surface area (Å²) in [5, 5.41) is 1.96. The molecule has 0 aromatic carbocycles. The van der Waals surface area contributed by atoms with Gasteiger partial charge in [-0.3, -0.25) is 0 Å². The Kier molecular flexibility index (Phi) is 5.75. The van der Waals surface area contributed by atoms with Crippen LogP contribution in [0.2, 0.25) is 0 Å². The third-order valence-electron chi connectivity index (χ3n) is 3.92. The van der Waals surface area contributed by atoms with E-state index in [1.807, 2.05) is 18.9 Å². The second-order valence-electron chi connectivity index (χ2n) is 5.63. The molecule has 1 saturated heterocycles. The van der Waals surface area contributed by atoms with Gasteiger partial charge in [-0.1, -0.05) is 19.9 Å². The van der Waals surface area contributed by atoms with Gasteiger partial charge in [-0.15, -0.1) is 0 Å². The molecule has 0 aromatic heterocycles. The highest BCUT2D eigenvalue weighted by Gasteiger charge is 2.52. The van der Waals surface area contributed by atoms with Gasteiger partial charge in [0.2, 0.25) is 0 Å². The van der Waals surface area contributed by atoms with E-state index in [4.69, 9.17) is 9.31 Å². The van der Waals surface area contributed by atoms with Crippen LogP contribution in [0, 0.1) is 0 Å². The largest absolute Gasteiger partial charge is 0.490 e. The summed E-state index contributed by atoms with van der Waals surface area (Å²) in [6, 6.07) is 0. The summed E-state index contributed by atoms with van der Waals surface area (Å²) < 4.78 is 12.0. The molecule has 0 unspecified atom stereocenters. The molecule has 2 aliphatic rings. The fourth-order valence-corrected chi connectivity index (χ4v) is 2.16. The van der Waals surface area contributed by atoms with E-state index >= 15 is 0 Å². The average Bonchev–Trinajstić information content (AvgIpc) is 2.61. The predicted molar refractivity (Wildman–Crippen MR) is 82.4 cm³/mol. The Bertz CT molecular complexity index is 343. The van der Waals surface area contributed by atoms with Gasteiger partial charge in [-0.05, 0) is 39.6 Å². The van der Waals surface area contributed by atoms with Crippen molar-refractivity contribution in [2.24, 2.45) is 4.85 Å². The van der Waals surface area contributed by atoms with E-state index in [1.165, 1.54) is 5.47 Å². The van der Waals surface area contributed by atoms with E-state index in [0.29, 0.717) is 0 Å². The second kappa shape index (κ2) is 6.49. The van der Waals surface area contributed by atoms with Crippen molar-refractivity contribution in [2.75, 3.05) is 13.1 Å². The van der Waals surface area contributed by atoms with Crippen molar-refractivity contribution >= 4 is 16.2 Å². The van der Waals surface area contributed by atoms with Crippen molar-refractivity contribution < 1.29 is 9.31 Å².